The molecule has 6 nitrogen and oxygen atoms in total. The summed E-state index contributed by atoms with van der Waals surface area (Å²) in [5.41, 5.74) is 8.73. The van der Waals surface area contributed by atoms with E-state index in [4.69, 9.17) is 4.42 Å². The first kappa shape index (κ1) is 22.6. The number of amides is 1. The van der Waals surface area contributed by atoms with Crippen LogP contribution in [0.25, 0.3) is 22.6 Å². The van der Waals surface area contributed by atoms with Crippen molar-refractivity contribution >= 4 is 11.9 Å². The van der Waals surface area contributed by atoms with Crippen LogP contribution < -0.4 is 0 Å². The molecule has 2 heterocycles. The predicted molar refractivity (Wildman–Crippen MR) is 133 cm³/mol. The highest BCUT2D eigenvalue weighted by atomic mass is 16.4. The van der Waals surface area contributed by atoms with Crippen LogP contribution in [0.2, 0.25) is 0 Å². The first-order valence-electron chi connectivity index (χ1n) is 11.6. The number of carboxylic acids is 1. The second-order valence-electron chi connectivity index (χ2n) is 9.05. The SMILES string of the molecule is Cc1ccc(-c2c(C)c3c(c(C)c2CC(=O)O)CN(C(=O)c2cnc(-c4ccccc4)o2)C3)cc1. The zero-order valence-corrected chi connectivity index (χ0v) is 20.0. The molecule has 6 heteroatoms. The summed E-state index contributed by atoms with van der Waals surface area (Å²) in [5, 5.41) is 9.65. The van der Waals surface area contributed by atoms with Gasteiger partial charge >= 0.3 is 5.97 Å². The number of carbonyl (C=O) groups excluding carboxylic acids is 1. The molecule has 5 rings (SSSR count). The van der Waals surface area contributed by atoms with E-state index in [1.165, 1.54) is 6.20 Å². The van der Waals surface area contributed by atoms with E-state index in [1.807, 2.05) is 75.4 Å². The van der Waals surface area contributed by atoms with Gasteiger partial charge in [0.05, 0.1) is 12.6 Å². The fourth-order valence-corrected chi connectivity index (χ4v) is 4.93. The van der Waals surface area contributed by atoms with Crippen molar-refractivity contribution in [2.75, 3.05) is 0 Å². The Morgan fingerprint density at radius 3 is 2.23 bits per heavy atom. The first-order valence-corrected chi connectivity index (χ1v) is 11.6. The summed E-state index contributed by atoms with van der Waals surface area (Å²) in [7, 11) is 0. The van der Waals surface area contributed by atoms with Gasteiger partial charge in [0.25, 0.3) is 5.91 Å². The van der Waals surface area contributed by atoms with E-state index < -0.39 is 5.97 Å². The van der Waals surface area contributed by atoms with E-state index in [-0.39, 0.29) is 18.1 Å². The van der Waals surface area contributed by atoms with Crippen molar-refractivity contribution in [1.82, 2.24) is 9.88 Å². The van der Waals surface area contributed by atoms with Crippen LogP contribution in [0.3, 0.4) is 0 Å². The van der Waals surface area contributed by atoms with Gasteiger partial charge in [-0.3, -0.25) is 9.59 Å². The molecule has 0 unspecified atom stereocenters. The number of carboxylic acid groups (broad SMARTS) is 1. The Hall–Kier alpha value is -4.19. The van der Waals surface area contributed by atoms with Crippen molar-refractivity contribution in [1.29, 1.82) is 0 Å². The number of benzene rings is 3. The summed E-state index contributed by atoms with van der Waals surface area (Å²) in [6.07, 6.45) is 1.40. The van der Waals surface area contributed by atoms with Crippen LogP contribution in [-0.2, 0) is 24.3 Å². The molecule has 0 saturated carbocycles. The molecular formula is C29H26N2O4. The molecule has 0 saturated heterocycles. The van der Waals surface area contributed by atoms with Gasteiger partial charge in [0, 0.05) is 18.7 Å². The minimum Gasteiger partial charge on any atom is -0.481 e. The van der Waals surface area contributed by atoms with Gasteiger partial charge in [-0.2, -0.15) is 0 Å². The van der Waals surface area contributed by atoms with Crippen LogP contribution in [0.15, 0.2) is 65.2 Å². The van der Waals surface area contributed by atoms with Gasteiger partial charge in [0.2, 0.25) is 11.7 Å². The number of oxazole rings is 1. The number of hydrogen-bond donors (Lipinski definition) is 1. The third-order valence-corrected chi connectivity index (χ3v) is 6.79. The fraction of sp³-hybridized carbons (Fsp3) is 0.207. The predicted octanol–water partition coefficient (Wildman–Crippen LogP) is 5.72. The van der Waals surface area contributed by atoms with Gasteiger partial charge in [0.1, 0.15) is 0 Å². The number of hydrogen-bond acceptors (Lipinski definition) is 4. The molecule has 1 N–H and O–H groups in total. The van der Waals surface area contributed by atoms with Crippen LogP contribution in [-0.4, -0.2) is 26.9 Å². The average Bonchev–Trinajstić information content (AvgIpc) is 3.52. The Morgan fingerprint density at radius 2 is 1.57 bits per heavy atom. The smallest absolute Gasteiger partial charge is 0.307 e. The summed E-state index contributed by atoms with van der Waals surface area (Å²) < 4.78 is 5.80. The summed E-state index contributed by atoms with van der Waals surface area (Å²) in [6.45, 7) is 6.86. The molecule has 35 heavy (non-hydrogen) atoms. The number of aliphatic carboxylic acids is 1. The highest BCUT2D eigenvalue weighted by Crippen LogP contribution is 2.40. The molecule has 0 spiro atoms. The second kappa shape index (κ2) is 8.87. The molecule has 1 amide bonds. The van der Waals surface area contributed by atoms with Crippen molar-refractivity contribution in [3.63, 3.8) is 0 Å². The summed E-state index contributed by atoms with van der Waals surface area (Å²) >= 11 is 0. The standard InChI is InChI=1S/C29H26N2O4/c1-17-9-11-20(12-10-17)27-19(3)24-16-31(15-23(24)18(2)22(27)13-26(32)33)29(34)25-14-30-28(35-25)21-7-5-4-6-8-21/h4-12,14H,13,15-16H2,1-3H3,(H,32,33). The van der Waals surface area contributed by atoms with E-state index in [9.17, 15) is 14.7 Å². The fourth-order valence-electron chi connectivity index (χ4n) is 4.93. The highest BCUT2D eigenvalue weighted by Gasteiger charge is 2.32. The third kappa shape index (κ3) is 4.12. The highest BCUT2D eigenvalue weighted by molar-refractivity contribution is 5.92. The summed E-state index contributed by atoms with van der Waals surface area (Å²) in [6, 6.07) is 17.6. The molecule has 0 radical (unpaired) electrons. The molecule has 1 aliphatic rings. The number of rotatable bonds is 5. The molecule has 3 aromatic carbocycles. The number of carbonyl (C=O) groups is 2. The Kier molecular flexibility index (Phi) is 5.73. The minimum absolute atomic E-state index is 0.0698. The van der Waals surface area contributed by atoms with Crippen molar-refractivity contribution in [2.45, 2.75) is 40.3 Å². The van der Waals surface area contributed by atoms with Crippen LogP contribution in [0.4, 0.5) is 0 Å². The molecule has 1 aromatic heterocycles. The van der Waals surface area contributed by atoms with E-state index in [0.717, 1.165) is 50.1 Å². The second-order valence-corrected chi connectivity index (χ2v) is 9.05. The van der Waals surface area contributed by atoms with Gasteiger partial charge in [-0.05, 0) is 71.8 Å². The lowest BCUT2D eigenvalue weighted by molar-refractivity contribution is -0.136. The Bertz CT molecular complexity index is 1440. The monoisotopic (exact) mass is 466 g/mol. The van der Waals surface area contributed by atoms with Crippen molar-refractivity contribution in [3.05, 3.63) is 99.9 Å². The maximum Gasteiger partial charge on any atom is 0.307 e. The van der Waals surface area contributed by atoms with E-state index in [2.05, 4.69) is 4.98 Å². The number of aryl methyl sites for hydroxylation is 1. The number of fused-ring (bicyclic) bond motifs is 1. The summed E-state index contributed by atoms with van der Waals surface area (Å²) in [4.78, 5) is 31.1. The summed E-state index contributed by atoms with van der Waals surface area (Å²) in [5.74, 6) is -0.506. The van der Waals surface area contributed by atoms with Gasteiger partial charge < -0.3 is 14.4 Å². The van der Waals surface area contributed by atoms with Crippen molar-refractivity contribution in [3.8, 4) is 22.6 Å². The molecule has 1 aliphatic heterocycles. The number of aromatic nitrogens is 1. The Morgan fingerprint density at radius 1 is 0.914 bits per heavy atom. The Labute approximate surface area is 203 Å². The van der Waals surface area contributed by atoms with Gasteiger partial charge in [-0.1, -0.05) is 48.0 Å². The van der Waals surface area contributed by atoms with Crippen LogP contribution in [0.1, 0.15) is 43.9 Å². The van der Waals surface area contributed by atoms with Crippen LogP contribution >= 0.6 is 0 Å². The lowest BCUT2D eigenvalue weighted by Crippen LogP contribution is -2.25. The maximum atomic E-state index is 13.3. The topological polar surface area (TPSA) is 83.6 Å². The molecule has 0 atom stereocenters. The maximum absolute atomic E-state index is 13.3. The number of nitrogens with zero attached hydrogens (tertiary/aromatic N) is 2. The van der Waals surface area contributed by atoms with Crippen LogP contribution in [0.5, 0.6) is 0 Å². The molecule has 4 aromatic rings. The van der Waals surface area contributed by atoms with Crippen molar-refractivity contribution in [2.24, 2.45) is 0 Å². The quantitative estimate of drug-likeness (QED) is 0.407. The third-order valence-electron chi connectivity index (χ3n) is 6.79. The average molecular weight is 467 g/mol. The minimum atomic E-state index is -0.873. The van der Waals surface area contributed by atoms with Gasteiger partial charge in [-0.25, -0.2) is 4.98 Å². The lowest BCUT2D eigenvalue weighted by atomic mass is 9.84. The molecule has 0 aliphatic carbocycles. The molecule has 176 valence electrons. The molecule has 0 fully saturated rings. The van der Waals surface area contributed by atoms with Crippen LogP contribution in [0, 0.1) is 20.8 Å². The van der Waals surface area contributed by atoms with E-state index >= 15 is 0 Å². The molecule has 0 bridgehead atoms. The first-order chi connectivity index (χ1) is 16.8. The van der Waals surface area contributed by atoms with E-state index in [0.29, 0.717) is 19.0 Å². The van der Waals surface area contributed by atoms with Gasteiger partial charge in [0.15, 0.2) is 0 Å². The normalized spacial score (nSPS) is 12.6. The van der Waals surface area contributed by atoms with Crippen molar-refractivity contribution < 1.29 is 19.1 Å². The van der Waals surface area contributed by atoms with E-state index in [1.54, 1.807) is 4.90 Å². The Balaban J connectivity index is 1.52. The molecular weight excluding hydrogens is 440 g/mol. The lowest BCUT2D eigenvalue weighted by Gasteiger charge is -2.19. The zero-order chi connectivity index (χ0) is 24.7. The van der Waals surface area contributed by atoms with Gasteiger partial charge in [-0.15, -0.1) is 0 Å². The zero-order valence-electron chi connectivity index (χ0n) is 20.0. The largest absolute Gasteiger partial charge is 0.481 e.